The van der Waals surface area contributed by atoms with Gasteiger partial charge in [-0.25, -0.2) is 12.8 Å². The summed E-state index contributed by atoms with van der Waals surface area (Å²) in [5, 5.41) is 1.07. The van der Waals surface area contributed by atoms with Crippen LogP contribution in [0.5, 0.6) is 0 Å². The zero-order chi connectivity index (χ0) is 21.9. The molecule has 1 aliphatic heterocycles. The van der Waals surface area contributed by atoms with Gasteiger partial charge in [0.2, 0.25) is 0 Å². The van der Waals surface area contributed by atoms with Gasteiger partial charge in [0, 0.05) is 35.1 Å². The molecular formula is C21H18FN3O5S. The molecule has 1 aliphatic rings. The third-order valence-corrected chi connectivity index (χ3v) is 7.16. The number of pyridine rings is 1. The highest BCUT2D eigenvalue weighted by Gasteiger charge is 2.32. The first kappa shape index (κ1) is 19.7. The van der Waals surface area contributed by atoms with Crippen molar-refractivity contribution in [2.75, 3.05) is 11.4 Å². The number of nitrogens with zero attached hydrogens (tertiary/aromatic N) is 1. The van der Waals surface area contributed by atoms with Gasteiger partial charge in [0.05, 0.1) is 10.6 Å². The Hall–Kier alpha value is -3.21. The molecular weight excluding hydrogens is 425 g/mol. The van der Waals surface area contributed by atoms with Crippen LogP contribution in [0.15, 0.2) is 58.4 Å². The second kappa shape index (κ2) is 6.91. The second-order valence-electron chi connectivity index (χ2n) is 7.28. The van der Waals surface area contributed by atoms with Crippen LogP contribution in [0.2, 0.25) is 0 Å². The third-order valence-electron chi connectivity index (χ3n) is 5.38. The molecule has 0 bridgehead atoms. The number of hydrogen-bond acceptors (Lipinski definition) is 5. The highest BCUT2D eigenvalue weighted by atomic mass is 32.2. The summed E-state index contributed by atoms with van der Waals surface area (Å²) in [5.41, 5.74) is 1.39. The van der Waals surface area contributed by atoms with Gasteiger partial charge in [-0.05, 0) is 49.4 Å². The Balaban J connectivity index is 1.67. The second-order valence-corrected chi connectivity index (χ2v) is 9.25. The highest BCUT2D eigenvalue weighted by Crippen LogP contribution is 2.38. The Kier molecular flexibility index (Phi) is 4.40. The number of ether oxygens (including phenoxy) is 2. The molecule has 2 N–H and O–H groups in total. The van der Waals surface area contributed by atoms with E-state index in [1.807, 2.05) is 0 Å². The van der Waals surface area contributed by atoms with Crippen LogP contribution < -0.4 is 9.86 Å². The maximum atomic E-state index is 13.2. The first-order chi connectivity index (χ1) is 14.8. The van der Waals surface area contributed by atoms with Gasteiger partial charge in [-0.15, -0.1) is 0 Å². The van der Waals surface area contributed by atoms with Gasteiger partial charge in [0.1, 0.15) is 11.3 Å². The average molecular weight is 443 g/mol. The average Bonchev–Trinajstić information content (AvgIpc) is 3.17. The molecule has 8 nitrogen and oxygen atoms in total. The number of aromatic amines is 2. The third kappa shape index (κ3) is 3.11. The van der Waals surface area contributed by atoms with Crippen molar-refractivity contribution in [2.45, 2.75) is 24.4 Å². The molecule has 0 atom stereocenters. The van der Waals surface area contributed by atoms with Crippen molar-refractivity contribution in [3.63, 3.8) is 0 Å². The molecule has 160 valence electrons. The lowest BCUT2D eigenvalue weighted by Crippen LogP contribution is -2.31. The summed E-state index contributed by atoms with van der Waals surface area (Å²) in [6.45, 7) is 1.76. The molecule has 2 aromatic carbocycles. The van der Waals surface area contributed by atoms with Crippen LogP contribution in [-0.4, -0.2) is 31.7 Å². The first-order valence-electron chi connectivity index (χ1n) is 9.48. The number of rotatable bonds is 4. The molecule has 0 saturated carbocycles. The van der Waals surface area contributed by atoms with E-state index in [0.29, 0.717) is 33.1 Å². The number of sulfonamides is 1. The smallest absolute Gasteiger partial charge is 0.272 e. The van der Waals surface area contributed by atoms with E-state index in [-0.39, 0.29) is 16.7 Å². The minimum atomic E-state index is -3.95. The molecule has 2 aromatic heterocycles. The van der Waals surface area contributed by atoms with Crippen molar-refractivity contribution in [3.05, 3.63) is 70.4 Å². The van der Waals surface area contributed by atoms with Gasteiger partial charge >= 0.3 is 0 Å². The summed E-state index contributed by atoms with van der Waals surface area (Å²) < 4.78 is 51.9. The molecule has 0 aliphatic carbocycles. The van der Waals surface area contributed by atoms with Gasteiger partial charge in [0.25, 0.3) is 15.6 Å². The summed E-state index contributed by atoms with van der Waals surface area (Å²) in [6, 6.07) is 9.64. The van der Waals surface area contributed by atoms with Gasteiger partial charge in [-0.2, -0.15) is 0 Å². The standard InChI is InChI=1S/C21H18FN3O5S/c1-11-29-21(30-11)16-10-23-19-18(16)15-9-14(7-8-17(15)24-20(19)26)31(27,28)25(2)13-5-3-12(22)4-6-13/h3-11,21,23H,1-2H3,(H,24,26). The SMILES string of the molecule is CC1OC(c2c[nH]c3c(=O)[nH]c4ccc(S(=O)(=O)N(C)c5ccc(F)cc5)cc4c23)O1. The van der Waals surface area contributed by atoms with Gasteiger partial charge < -0.3 is 19.4 Å². The highest BCUT2D eigenvalue weighted by molar-refractivity contribution is 7.92. The molecule has 10 heteroatoms. The number of aromatic nitrogens is 2. The van der Waals surface area contributed by atoms with Crippen LogP contribution in [0, 0.1) is 5.82 Å². The van der Waals surface area contributed by atoms with Crippen LogP contribution in [0.4, 0.5) is 10.1 Å². The normalized spacial score (nSPS) is 18.9. The van der Waals surface area contributed by atoms with E-state index in [1.165, 1.54) is 43.4 Å². The minimum Gasteiger partial charge on any atom is -0.356 e. The maximum absolute atomic E-state index is 13.2. The van der Waals surface area contributed by atoms with Crippen molar-refractivity contribution in [1.82, 2.24) is 9.97 Å². The van der Waals surface area contributed by atoms with Crippen molar-refractivity contribution in [1.29, 1.82) is 0 Å². The Labute approximate surface area is 176 Å². The number of anilines is 1. The minimum absolute atomic E-state index is 0.0242. The maximum Gasteiger partial charge on any atom is 0.272 e. The topological polar surface area (TPSA) is 104 Å². The van der Waals surface area contributed by atoms with Gasteiger partial charge in [-0.1, -0.05) is 0 Å². The fourth-order valence-corrected chi connectivity index (χ4v) is 4.95. The Bertz CT molecular complexity index is 1470. The predicted molar refractivity (Wildman–Crippen MR) is 113 cm³/mol. The number of benzene rings is 2. The van der Waals surface area contributed by atoms with E-state index < -0.39 is 22.1 Å². The quantitative estimate of drug-likeness (QED) is 0.503. The van der Waals surface area contributed by atoms with Crippen LogP contribution in [-0.2, 0) is 19.5 Å². The number of halogens is 1. The van der Waals surface area contributed by atoms with Gasteiger partial charge in [0.15, 0.2) is 12.6 Å². The largest absolute Gasteiger partial charge is 0.356 e. The van der Waals surface area contributed by atoms with Crippen molar-refractivity contribution < 1.29 is 22.3 Å². The summed E-state index contributed by atoms with van der Waals surface area (Å²) in [5.74, 6) is -0.457. The predicted octanol–water partition coefficient (Wildman–Crippen LogP) is 3.37. The number of H-pyrrole nitrogens is 2. The van der Waals surface area contributed by atoms with Crippen molar-refractivity contribution >= 4 is 37.5 Å². The Morgan fingerprint density at radius 3 is 2.48 bits per heavy atom. The van der Waals surface area contributed by atoms with Crippen molar-refractivity contribution in [3.8, 4) is 0 Å². The molecule has 0 amide bonds. The van der Waals surface area contributed by atoms with Crippen LogP contribution in [0.1, 0.15) is 18.8 Å². The van der Waals surface area contributed by atoms with Crippen LogP contribution >= 0.6 is 0 Å². The van der Waals surface area contributed by atoms with E-state index in [1.54, 1.807) is 19.2 Å². The Morgan fingerprint density at radius 1 is 1.10 bits per heavy atom. The molecule has 5 rings (SSSR count). The molecule has 0 radical (unpaired) electrons. The summed E-state index contributed by atoms with van der Waals surface area (Å²) in [7, 11) is -2.55. The fourth-order valence-electron chi connectivity index (χ4n) is 3.73. The monoisotopic (exact) mass is 443 g/mol. The number of nitrogens with one attached hydrogen (secondary N) is 2. The number of hydrogen-bond donors (Lipinski definition) is 2. The molecule has 31 heavy (non-hydrogen) atoms. The molecule has 0 unspecified atom stereocenters. The Morgan fingerprint density at radius 2 is 1.81 bits per heavy atom. The van der Waals surface area contributed by atoms with E-state index in [0.717, 1.165) is 4.31 Å². The van der Waals surface area contributed by atoms with E-state index in [2.05, 4.69) is 9.97 Å². The zero-order valence-corrected chi connectivity index (χ0v) is 17.4. The molecule has 4 aromatic rings. The lowest BCUT2D eigenvalue weighted by atomic mass is 10.1. The number of fused-ring (bicyclic) bond motifs is 3. The lowest BCUT2D eigenvalue weighted by molar-refractivity contribution is -0.382. The molecule has 3 heterocycles. The van der Waals surface area contributed by atoms with E-state index >= 15 is 0 Å². The molecule has 0 spiro atoms. The van der Waals surface area contributed by atoms with E-state index in [9.17, 15) is 17.6 Å². The summed E-state index contributed by atoms with van der Waals surface area (Å²) in [4.78, 5) is 18.2. The summed E-state index contributed by atoms with van der Waals surface area (Å²) in [6.07, 6.45) is 0.626. The molecule has 1 fully saturated rings. The zero-order valence-electron chi connectivity index (χ0n) is 16.5. The van der Waals surface area contributed by atoms with Crippen molar-refractivity contribution in [2.24, 2.45) is 0 Å². The van der Waals surface area contributed by atoms with Crippen LogP contribution in [0.3, 0.4) is 0 Å². The molecule has 1 saturated heterocycles. The van der Waals surface area contributed by atoms with E-state index in [4.69, 9.17) is 9.47 Å². The fraction of sp³-hybridized carbons (Fsp3) is 0.190. The lowest BCUT2D eigenvalue weighted by Gasteiger charge is -2.33. The van der Waals surface area contributed by atoms with Gasteiger partial charge in [-0.3, -0.25) is 9.10 Å². The summed E-state index contributed by atoms with van der Waals surface area (Å²) >= 11 is 0. The van der Waals surface area contributed by atoms with Crippen LogP contribution in [0.25, 0.3) is 21.8 Å². The first-order valence-corrected chi connectivity index (χ1v) is 10.9.